The zero-order chi connectivity index (χ0) is 11.8. The number of rotatable bonds is 6. The molecule has 1 rings (SSSR count). The van der Waals surface area contributed by atoms with E-state index in [-0.39, 0.29) is 0 Å². The molecule has 2 nitrogen and oxygen atoms in total. The fourth-order valence-electron chi connectivity index (χ4n) is 1.19. The molecule has 16 heavy (non-hydrogen) atoms. The molecule has 0 spiro atoms. The normalized spacial score (nSPS) is 10.1. The van der Waals surface area contributed by atoms with Crippen LogP contribution in [0.25, 0.3) is 0 Å². The first-order chi connectivity index (χ1) is 7.72. The van der Waals surface area contributed by atoms with E-state index in [0.717, 1.165) is 24.5 Å². The Bertz CT molecular complexity index is 340. The van der Waals surface area contributed by atoms with Crippen molar-refractivity contribution in [3.63, 3.8) is 0 Å². The summed E-state index contributed by atoms with van der Waals surface area (Å²) in [5, 5.41) is 9.32. The summed E-state index contributed by atoms with van der Waals surface area (Å²) >= 11 is 1.95. The van der Waals surface area contributed by atoms with E-state index < -0.39 is 0 Å². The van der Waals surface area contributed by atoms with Gasteiger partial charge in [0.15, 0.2) is 0 Å². The average Bonchev–Trinajstić information content (AvgIpc) is 2.29. The maximum Gasteiger partial charge on any atom is 0.119 e. The highest BCUT2D eigenvalue weighted by Gasteiger charge is 1.96. The van der Waals surface area contributed by atoms with Crippen LogP contribution in [0, 0.1) is 11.3 Å². The van der Waals surface area contributed by atoms with Gasteiger partial charge in [0, 0.05) is 0 Å². The van der Waals surface area contributed by atoms with Crippen molar-refractivity contribution < 1.29 is 4.74 Å². The van der Waals surface area contributed by atoms with Gasteiger partial charge in [-0.05, 0) is 41.7 Å². The molecule has 0 aliphatic heterocycles. The Hall–Kier alpha value is -1.14. The molecular formula is C13H17NOS. The zero-order valence-corrected chi connectivity index (χ0v) is 10.6. The monoisotopic (exact) mass is 235 g/mol. The third kappa shape index (κ3) is 5.09. The van der Waals surface area contributed by atoms with Gasteiger partial charge in [0.1, 0.15) is 5.75 Å². The van der Waals surface area contributed by atoms with Gasteiger partial charge in [-0.1, -0.05) is 13.8 Å². The lowest BCUT2D eigenvalue weighted by Crippen LogP contribution is -2.00. The highest BCUT2D eigenvalue weighted by atomic mass is 32.2. The molecule has 1 aromatic rings. The molecule has 3 heteroatoms. The van der Waals surface area contributed by atoms with Crippen LogP contribution in [-0.2, 0) is 0 Å². The third-order valence-electron chi connectivity index (χ3n) is 1.99. The quantitative estimate of drug-likeness (QED) is 0.708. The molecule has 0 radical (unpaired) electrons. The molecule has 1 aromatic carbocycles. The van der Waals surface area contributed by atoms with Gasteiger partial charge in [0.2, 0.25) is 0 Å². The largest absolute Gasteiger partial charge is 0.494 e. The average molecular weight is 235 g/mol. The Morgan fingerprint density at radius 2 is 2.00 bits per heavy atom. The first-order valence-electron chi connectivity index (χ1n) is 5.47. The highest BCUT2D eigenvalue weighted by molar-refractivity contribution is 7.99. The number of thioether (sulfide) groups is 1. The van der Waals surface area contributed by atoms with E-state index in [1.807, 2.05) is 23.9 Å². The molecule has 0 saturated heterocycles. The van der Waals surface area contributed by atoms with E-state index in [4.69, 9.17) is 10.00 Å². The van der Waals surface area contributed by atoms with Crippen molar-refractivity contribution in [3.05, 3.63) is 29.8 Å². The molecule has 0 fully saturated rings. The molecule has 0 heterocycles. The Balaban J connectivity index is 2.20. The summed E-state index contributed by atoms with van der Waals surface area (Å²) in [6.45, 7) is 5.14. The number of hydrogen-bond donors (Lipinski definition) is 0. The van der Waals surface area contributed by atoms with Gasteiger partial charge in [-0.3, -0.25) is 0 Å². The molecule has 0 aromatic heterocycles. The van der Waals surface area contributed by atoms with Gasteiger partial charge >= 0.3 is 0 Å². The van der Waals surface area contributed by atoms with Gasteiger partial charge in [0.25, 0.3) is 0 Å². The van der Waals surface area contributed by atoms with Crippen molar-refractivity contribution in [2.24, 2.45) is 0 Å². The predicted octanol–water partition coefficient (Wildman–Crippen LogP) is 3.47. The predicted molar refractivity (Wildman–Crippen MR) is 68.9 cm³/mol. The summed E-state index contributed by atoms with van der Waals surface area (Å²) in [5.74, 6) is 1.97. The van der Waals surface area contributed by atoms with Gasteiger partial charge in [-0.15, -0.1) is 0 Å². The molecule has 0 atom stereocenters. The SMILES string of the molecule is CC(C)SCCCOc1ccc(C#N)cc1. The van der Waals surface area contributed by atoms with Crippen molar-refractivity contribution in [2.75, 3.05) is 12.4 Å². The highest BCUT2D eigenvalue weighted by Crippen LogP contribution is 2.13. The lowest BCUT2D eigenvalue weighted by atomic mass is 10.2. The van der Waals surface area contributed by atoms with E-state index in [1.165, 1.54) is 0 Å². The Morgan fingerprint density at radius 1 is 1.31 bits per heavy atom. The number of benzene rings is 1. The van der Waals surface area contributed by atoms with Gasteiger partial charge in [0.05, 0.1) is 18.2 Å². The van der Waals surface area contributed by atoms with Crippen molar-refractivity contribution in [2.45, 2.75) is 25.5 Å². The summed E-state index contributed by atoms with van der Waals surface area (Å²) in [7, 11) is 0. The molecule has 0 saturated carbocycles. The minimum atomic E-state index is 0.669. The molecule has 0 unspecified atom stereocenters. The zero-order valence-electron chi connectivity index (χ0n) is 9.77. The van der Waals surface area contributed by atoms with Crippen molar-refractivity contribution in [3.8, 4) is 11.8 Å². The number of nitriles is 1. The summed E-state index contributed by atoms with van der Waals surface area (Å²) in [5.41, 5.74) is 0.669. The maximum atomic E-state index is 8.63. The van der Waals surface area contributed by atoms with Crippen LogP contribution in [0.3, 0.4) is 0 Å². The summed E-state index contributed by atoms with van der Waals surface area (Å²) < 4.78 is 5.56. The lowest BCUT2D eigenvalue weighted by molar-refractivity contribution is 0.318. The minimum Gasteiger partial charge on any atom is -0.494 e. The maximum absolute atomic E-state index is 8.63. The molecule has 0 N–H and O–H groups in total. The fourth-order valence-corrected chi connectivity index (χ4v) is 1.95. The molecular weight excluding hydrogens is 218 g/mol. The minimum absolute atomic E-state index is 0.669. The smallest absolute Gasteiger partial charge is 0.119 e. The first-order valence-corrected chi connectivity index (χ1v) is 6.52. The first kappa shape index (κ1) is 12.9. The Kier molecular flexibility index (Phi) is 5.81. The topological polar surface area (TPSA) is 33.0 Å². The molecule has 0 amide bonds. The Labute approximate surface area is 102 Å². The molecule has 0 aliphatic rings. The fraction of sp³-hybridized carbons (Fsp3) is 0.462. The molecule has 0 bridgehead atoms. The van der Waals surface area contributed by atoms with Crippen LogP contribution in [0.5, 0.6) is 5.75 Å². The van der Waals surface area contributed by atoms with Crippen LogP contribution in [0.1, 0.15) is 25.8 Å². The van der Waals surface area contributed by atoms with Crippen LogP contribution in [-0.4, -0.2) is 17.6 Å². The standard InChI is InChI=1S/C13H17NOS/c1-11(2)16-9-3-8-15-13-6-4-12(10-14)5-7-13/h4-7,11H,3,8-9H2,1-2H3. The van der Waals surface area contributed by atoms with Crippen LogP contribution in [0.4, 0.5) is 0 Å². The van der Waals surface area contributed by atoms with Gasteiger partial charge in [-0.25, -0.2) is 0 Å². The van der Waals surface area contributed by atoms with E-state index >= 15 is 0 Å². The van der Waals surface area contributed by atoms with Crippen molar-refractivity contribution in [1.82, 2.24) is 0 Å². The number of nitrogens with zero attached hydrogens (tertiary/aromatic N) is 1. The van der Waals surface area contributed by atoms with Crippen LogP contribution < -0.4 is 4.74 Å². The van der Waals surface area contributed by atoms with Gasteiger partial charge < -0.3 is 4.74 Å². The molecule has 86 valence electrons. The van der Waals surface area contributed by atoms with E-state index in [9.17, 15) is 0 Å². The lowest BCUT2D eigenvalue weighted by Gasteiger charge is -2.07. The summed E-state index contributed by atoms with van der Waals surface area (Å²) in [4.78, 5) is 0. The third-order valence-corrected chi connectivity index (χ3v) is 3.18. The molecule has 0 aliphatic carbocycles. The van der Waals surface area contributed by atoms with E-state index in [0.29, 0.717) is 10.8 Å². The van der Waals surface area contributed by atoms with Crippen LogP contribution in [0.2, 0.25) is 0 Å². The second-order valence-electron chi connectivity index (χ2n) is 3.76. The second-order valence-corrected chi connectivity index (χ2v) is 5.44. The van der Waals surface area contributed by atoms with E-state index in [1.54, 1.807) is 12.1 Å². The summed E-state index contributed by atoms with van der Waals surface area (Å²) in [6, 6.07) is 9.32. The van der Waals surface area contributed by atoms with Gasteiger partial charge in [-0.2, -0.15) is 17.0 Å². The van der Waals surface area contributed by atoms with E-state index in [2.05, 4.69) is 19.9 Å². The number of hydrogen-bond acceptors (Lipinski definition) is 3. The second kappa shape index (κ2) is 7.19. The number of ether oxygens (including phenoxy) is 1. The van der Waals surface area contributed by atoms with Crippen molar-refractivity contribution >= 4 is 11.8 Å². The van der Waals surface area contributed by atoms with Crippen LogP contribution in [0.15, 0.2) is 24.3 Å². The summed E-state index contributed by atoms with van der Waals surface area (Å²) in [6.07, 6.45) is 1.06. The van der Waals surface area contributed by atoms with Crippen LogP contribution >= 0.6 is 11.8 Å². The van der Waals surface area contributed by atoms with Crippen molar-refractivity contribution in [1.29, 1.82) is 5.26 Å². The Morgan fingerprint density at radius 3 is 2.56 bits per heavy atom.